The number of amides is 2. The molecule has 0 radical (unpaired) electrons. The zero-order chi connectivity index (χ0) is 25.6. The number of nitrogens with one attached hydrogen (secondary N) is 1. The molecule has 2 aromatic carbocycles. The third kappa shape index (κ3) is 7.21. The third-order valence-corrected chi connectivity index (χ3v) is 7.47. The first-order chi connectivity index (χ1) is 16.6. The molecular weight excluding hydrogens is 466 g/mol. The average molecular weight is 502 g/mol. The number of methoxy groups -OCH3 is 1. The van der Waals surface area contributed by atoms with Gasteiger partial charge >= 0.3 is 0 Å². The summed E-state index contributed by atoms with van der Waals surface area (Å²) >= 11 is 0. The van der Waals surface area contributed by atoms with Crippen LogP contribution in [0.2, 0.25) is 0 Å². The maximum absolute atomic E-state index is 13.6. The number of sulfonamides is 1. The summed E-state index contributed by atoms with van der Waals surface area (Å²) in [6.07, 6.45) is 5.08. The van der Waals surface area contributed by atoms with Crippen molar-refractivity contribution >= 4 is 27.5 Å². The van der Waals surface area contributed by atoms with Crippen LogP contribution in [0, 0.1) is 6.92 Å². The lowest BCUT2D eigenvalue weighted by atomic mass is 10.1. The van der Waals surface area contributed by atoms with Crippen LogP contribution in [0.15, 0.2) is 48.5 Å². The molecule has 1 aliphatic carbocycles. The topological polar surface area (TPSA) is 96.0 Å². The summed E-state index contributed by atoms with van der Waals surface area (Å²) in [6.45, 7) is 3.41. The van der Waals surface area contributed by atoms with Crippen LogP contribution in [0.4, 0.5) is 5.69 Å². The van der Waals surface area contributed by atoms with Crippen LogP contribution in [0.3, 0.4) is 0 Å². The lowest BCUT2D eigenvalue weighted by Crippen LogP contribution is -2.52. The first kappa shape index (κ1) is 26.5. The SMILES string of the molecule is COc1cccc(N(CC(=O)N(Cc2cccc(C)c2)[C@H](C)C(=O)NC2CCCC2)S(C)(=O)=O)c1. The van der Waals surface area contributed by atoms with Crippen LogP contribution in [0.25, 0.3) is 0 Å². The van der Waals surface area contributed by atoms with E-state index in [9.17, 15) is 18.0 Å². The maximum atomic E-state index is 13.6. The predicted molar refractivity (Wildman–Crippen MR) is 137 cm³/mol. The Kier molecular flexibility index (Phi) is 8.77. The molecule has 1 N–H and O–H groups in total. The Morgan fingerprint density at radius 1 is 1.11 bits per heavy atom. The lowest BCUT2D eigenvalue weighted by molar-refractivity contribution is -0.139. The maximum Gasteiger partial charge on any atom is 0.244 e. The second kappa shape index (κ2) is 11.6. The largest absolute Gasteiger partial charge is 0.497 e. The molecule has 0 unspecified atom stereocenters. The van der Waals surface area contributed by atoms with E-state index in [1.165, 1.54) is 12.0 Å². The molecule has 1 fully saturated rings. The second-order valence-electron chi connectivity index (χ2n) is 9.15. The number of hydrogen-bond donors (Lipinski definition) is 1. The number of aryl methyl sites for hydroxylation is 1. The number of hydrogen-bond acceptors (Lipinski definition) is 5. The number of rotatable bonds is 10. The van der Waals surface area contributed by atoms with Crippen molar-refractivity contribution in [2.75, 3.05) is 24.2 Å². The zero-order valence-corrected chi connectivity index (χ0v) is 21.7. The lowest BCUT2D eigenvalue weighted by Gasteiger charge is -2.32. The molecule has 1 aliphatic rings. The van der Waals surface area contributed by atoms with E-state index in [1.54, 1.807) is 31.2 Å². The van der Waals surface area contributed by atoms with Crippen LogP contribution in [-0.2, 0) is 26.2 Å². The van der Waals surface area contributed by atoms with Gasteiger partial charge in [-0.1, -0.05) is 48.7 Å². The second-order valence-corrected chi connectivity index (χ2v) is 11.1. The molecule has 0 bridgehead atoms. The highest BCUT2D eigenvalue weighted by Gasteiger charge is 2.31. The van der Waals surface area contributed by atoms with Crippen LogP contribution in [0.1, 0.15) is 43.7 Å². The Hall–Kier alpha value is -3.07. The highest BCUT2D eigenvalue weighted by atomic mass is 32.2. The molecule has 0 saturated heterocycles. The van der Waals surface area contributed by atoms with E-state index in [0.29, 0.717) is 11.4 Å². The molecule has 35 heavy (non-hydrogen) atoms. The molecule has 0 spiro atoms. The van der Waals surface area contributed by atoms with Crippen molar-refractivity contribution in [2.45, 2.75) is 58.2 Å². The summed E-state index contributed by atoms with van der Waals surface area (Å²) < 4.78 is 31.6. The summed E-state index contributed by atoms with van der Waals surface area (Å²) in [7, 11) is -2.30. The van der Waals surface area contributed by atoms with Gasteiger partial charge in [0.15, 0.2) is 0 Å². The van der Waals surface area contributed by atoms with Gasteiger partial charge in [0, 0.05) is 18.7 Å². The van der Waals surface area contributed by atoms with Crippen molar-refractivity contribution in [1.82, 2.24) is 10.2 Å². The van der Waals surface area contributed by atoms with Crippen molar-refractivity contribution in [3.63, 3.8) is 0 Å². The van der Waals surface area contributed by atoms with Gasteiger partial charge in [-0.25, -0.2) is 8.42 Å². The monoisotopic (exact) mass is 501 g/mol. The number of nitrogens with zero attached hydrogens (tertiary/aromatic N) is 2. The molecule has 1 atom stereocenters. The molecular formula is C26H35N3O5S. The van der Waals surface area contributed by atoms with Gasteiger partial charge in [-0.3, -0.25) is 13.9 Å². The minimum absolute atomic E-state index is 0.116. The number of ether oxygens (including phenoxy) is 1. The standard InChI is InChI=1S/C26H35N3O5S/c1-19-9-7-10-21(15-19)17-28(20(2)26(31)27-22-11-5-6-12-22)25(30)18-29(35(4,32)33)23-13-8-14-24(16-23)34-3/h7-10,13-16,20,22H,5-6,11-12,17-18H2,1-4H3,(H,27,31)/t20-/m1/s1. The van der Waals surface area contributed by atoms with Gasteiger partial charge in [-0.15, -0.1) is 0 Å². The van der Waals surface area contributed by atoms with Gasteiger partial charge in [-0.05, 0) is 44.4 Å². The van der Waals surface area contributed by atoms with E-state index in [-0.39, 0.29) is 18.5 Å². The molecule has 8 nitrogen and oxygen atoms in total. The first-order valence-corrected chi connectivity index (χ1v) is 13.7. The van der Waals surface area contributed by atoms with Crippen molar-refractivity contribution in [2.24, 2.45) is 0 Å². The summed E-state index contributed by atoms with van der Waals surface area (Å²) in [5, 5.41) is 3.06. The minimum Gasteiger partial charge on any atom is -0.497 e. The Morgan fingerprint density at radius 2 is 1.80 bits per heavy atom. The van der Waals surface area contributed by atoms with Gasteiger partial charge in [-0.2, -0.15) is 0 Å². The minimum atomic E-state index is -3.79. The Morgan fingerprint density at radius 3 is 2.43 bits per heavy atom. The molecule has 0 aliphatic heterocycles. The van der Waals surface area contributed by atoms with Crippen LogP contribution < -0.4 is 14.4 Å². The molecule has 2 amide bonds. The molecule has 0 heterocycles. The molecule has 190 valence electrons. The normalized spacial score (nSPS) is 14.9. The third-order valence-electron chi connectivity index (χ3n) is 6.32. The van der Waals surface area contributed by atoms with Crippen LogP contribution in [0.5, 0.6) is 5.75 Å². The van der Waals surface area contributed by atoms with Gasteiger partial charge in [0.1, 0.15) is 18.3 Å². The summed E-state index contributed by atoms with van der Waals surface area (Å²) in [6, 6.07) is 13.6. The van der Waals surface area contributed by atoms with Crippen molar-refractivity contribution in [3.05, 3.63) is 59.7 Å². The Balaban J connectivity index is 1.89. The number of anilines is 1. The van der Waals surface area contributed by atoms with Gasteiger partial charge < -0.3 is 15.0 Å². The summed E-state index contributed by atoms with van der Waals surface area (Å²) in [4.78, 5) is 28.1. The Bertz CT molecular complexity index is 1150. The van der Waals surface area contributed by atoms with Gasteiger partial charge in [0.2, 0.25) is 21.8 Å². The predicted octanol–water partition coefficient (Wildman–Crippen LogP) is 3.25. The fourth-order valence-corrected chi connectivity index (χ4v) is 5.20. The van der Waals surface area contributed by atoms with Crippen LogP contribution in [-0.4, -0.2) is 57.1 Å². The molecule has 2 aromatic rings. The number of carbonyl (C=O) groups is 2. The highest BCUT2D eigenvalue weighted by Crippen LogP contribution is 2.24. The summed E-state index contributed by atoms with van der Waals surface area (Å²) in [5.41, 5.74) is 2.22. The van der Waals surface area contributed by atoms with E-state index in [1.807, 2.05) is 31.2 Å². The van der Waals surface area contributed by atoms with Gasteiger partial charge in [0.25, 0.3) is 0 Å². The molecule has 1 saturated carbocycles. The Labute approximate surface area is 208 Å². The van der Waals surface area contributed by atoms with E-state index >= 15 is 0 Å². The molecule has 9 heteroatoms. The van der Waals surface area contributed by atoms with Crippen molar-refractivity contribution in [1.29, 1.82) is 0 Å². The molecule has 0 aromatic heterocycles. The van der Waals surface area contributed by atoms with Gasteiger partial charge in [0.05, 0.1) is 19.1 Å². The van der Waals surface area contributed by atoms with Crippen molar-refractivity contribution in [3.8, 4) is 5.75 Å². The quantitative estimate of drug-likeness (QED) is 0.539. The summed E-state index contributed by atoms with van der Waals surface area (Å²) in [5.74, 6) is -0.219. The zero-order valence-electron chi connectivity index (χ0n) is 20.9. The van der Waals surface area contributed by atoms with Crippen molar-refractivity contribution < 1.29 is 22.7 Å². The molecule has 3 rings (SSSR count). The van der Waals surface area contributed by atoms with E-state index in [0.717, 1.165) is 47.4 Å². The fraction of sp³-hybridized carbons (Fsp3) is 0.462. The average Bonchev–Trinajstić information content (AvgIpc) is 3.32. The fourth-order valence-electron chi connectivity index (χ4n) is 4.36. The first-order valence-electron chi connectivity index (χ1n) is 11.9. The highest BCUT2D eigenvalue weighted by molar-refractivity contribution is 7.92. The van der Waals surface area contributed by atoms with E-state index in [2.05, 4.69) is 5.32 Å². The van der Waals surface area contributed by atoms with E-state index in [4.69, 9.17) is 4.74 Å². The number of benzene rings is 2. The van der Waals surface area contributed by atoms with E-state index < -0.39 is 28.5 Å². The van der Waals surface area contributed by atoms with Crippen LogP contribution >= 0.6 is 0 Å². The number of carbonyl (C=O) groups excluding carboxylic acids is 2. The smallest absolute Gasteiger partial charge is 0.244 e.